The number of methoxy groups -OCH3 is 1. The number of benzene rings is 1. The lowest BCUT2D eigenvalue weighted by Crippen LogP contribution is -2.16. The van der Waals surface area contributed by atoms with E-state index >= 15 is 0 Å². The summed E-state index contributed by atoms with van der Waals surface area (Å²) in [7, 11) is 1.06. The van der Waals surface area contributed by atoms with E-state index in [9.17, 15) is 18.0 Å². The van der Waals surface area contributed by atoms with Crippen LogP contribution in [0.1, 0.15) is 11.3 Å². The number of rotatable bonds is 5. The van der Waals surface area contributed by atoms with E-state index in [1.165, 1.54) is 18.5 Å². The molecule has 0 saturated carbocycles. The molecule has 1 amide bonds. The Kier molecular flexibility index (Phi) is 5.52. The van der Waals surface area contributed by atoms with Crippen LogP contribution in [-0.2, 0) is 10.9 Å². The number of anilines is 5. The molecule has 3 rings (SSSR count). The Hall–Kier alpha value is -3.83. The number of nitrogens with zero attached hydrogens (tertiary/aromatic N) is 3. The van der Waals surface area contributed by atoms with Gasteiger partial charge >= 0.3 is 12.3 Å². The van der Waals surface area contributed by atoms with Gasteiger partial charge in [0, 0.05) is 17.4 Å². The zero-order valence-corrected chi connectivity index (χ0v) is 15.3. The maximum absolute atomic E-state index is 13.2. The molecular weight excluding hydrogens is 391 g/mol. The van der Waals surface area contributed by atoms with E-state index in [1.807, 2.05) is 6.92 Å². The van der Waals surface area contributed by atoms with Gasteiger partial charge in [-0.05, 0) is 25.1 Å². The topological polar surface area (TPSA) is 117 Å². The summed E-state index contributed by atoms with van der Waals surface area (Å²) in [5, 5.41) is 14.6. The van der Waals surface area contributed by atoms with Crippen LogP contribution in [0, 0.1) is 6.92 Å². The molecule has 0 bridgehead atoms. The highest BCUT2D eigenvalue weighted by atomic mass is 19.4. The summed E-state index contributed by atoms with van der Waals surface area (Å²) >= 11 is 0. The van der Waals surface area contributed by atoms with Crippen molar-refractivity contribution in [3.05, 3.63) is 47.9 Å². The van der Waals surface area contributed by atoms with Crippen molar-refractivity contribution in [2.75, 3.05) is 23.1 Å². The molecule has 0 radical (unpaired) electrons. The Morgan fingerprint density at radius 2 is 1.83 bits per heavy atom. The highest BCUT2D eigenvalue weighted by Gasteiger charge is 2.34. The number of aromatic amines is 1. The normalized spacial score (nSPS) is 11.1. The number of amides is 1. The van der Waals surface area contributed by atoms with Crippen LogP contribution in [0.3, 0.4) is 0 Å². The van der Waals surface area contributed by atoms with Gasteiger partial charge in [0.1, 0.15) is 0 Å². The van der Waals surface area contributed by atoms with Crippen molar-refractivity contribution in [2.24, 2.45) is 0 Å². The third kappa shape index (κ3) is 5.12. The van der Waals surface area contributed by atoms with Crippen molar-refractivity contribution in [3.8, 4) is 0 Å². The lowest BCUT2D eigenvalue weighted by atomic mass is 10.1. The monoisotopic (exact) mass is 407 g/mol. The number of aromatic nitrogens is 4. The van der Waals surface area contributed by atoms with Crippen LogP contribution in [-0.4, -0.2) is 33.4 Å². The maximum atomic E-state index is 13.2. The van der Waals surface area contributed by atoms with E-state index in [-0.39, 0.29) is 11.5 Å². The van der Waals surface area contributed by atoms with Crippen LogP contribution in [0.15, 0.2) is 36.7 Å². The zero-order chi connectivity index (χ0) is 21.0. The summed E-state index contributed by atoms with van der Waals surface area (Å²) in [5.41, 5.74) is -0.357. The largest absolute Gasteiger partial charge is 0.453 e. The Balaban J connectivity index is 1.83. The van der Waals surface area contributed by atoms with Crippen LogP contribution in [0.25, 0.3) is 0 Å². The van der Waals surface area contributed by atoms with Gasteiger partial charge in [-0.15, -0.1) is 0 Å². The number of ether oxygens (including phenoxy) is 1. The van der Waals surface area contributed by atoms with E-state index in [4.69, 9.17) is 0 Å². The van der Waals surface area contributed by atoms with Gasteiger partial charge in [0.25, 0.3) is 0 Å². The standard InChI is InChI=1S/C17H16F3N7O2/c1-9-5-13(27-26-9)24-15-8-21-7-14(25-15)22-10-3-4-11(17(18,19)20)12(6-10)23-16(28)29-2/h3-8H,1-2H3,(H,23,28)(H3,22,24,25,26,27). The highest BCUT2D eigenvalue weighted by Crippen LogP contribution is 2.36. The van der Waals surface area contributed by atoms with Gasteiger partial charge in [-0.2, -0.15) is 18.3 Å². The minimum Gasteiger partial charge on any atom is -0.453 e. The van der Waals surface area contributed by atoms with Gasteiger partial charge in [-0.25, -0.2) is 9.78 Å². The molecular formula is C17H16F3N7O2. The van der Waals surface area contributed by atoms with Crippen LogP contribution in [0.2, 0.25) is 0 Å². The van der Waals surface area contributed by atoms with Gasteiger partial charge in [0.15, 0.2) is 17.5 Å². The van der Waals surface area contributed by atoms with Crippen LogP contribution in [0.5, 0.6) is 0 Å². The molecule has 0 spiro atoms. The highest BCUT2D eigenvalue weighted by molar-refractivity contribution is 5.87. The Bertz CT molecular complexity index is 1020. The van der Waals surface area contributed by atoms with E-state index in [0.29, 0.717) is 11.6 Å². The number of carbonyl (C=O) groups is 1. The quantitative estimate of drug-likeness (QED) is 0.501. The van der Waals surface area contributed by atoms with Crippen LogP contribution in [0.4, 0.5) is 46.8 Å². The zero-order valence-electron chi connectivity index (χ0n) is 15.3. The lowest BCUT2D eigenvalue weighted by Gasteiger charge is -2.15. The molecule has 0 saturated heterocycles. The molecule has 0 aliphatic heterocycles. The van der Waals surface area contributed by atoms with E-state index in [1.54, 1.807) is 6.07 Å². The van der Waals surface area contributed by atoms with Crippen molar-refractivity contribution in [1.82, 2.24) is 20.2 Å². The third-order valence-electron chi connectivity index (χ3n) is 3.62. The summed E-state index contributed by atoms with van der Waals surface area (Å²) < 4.78 is 43.9. The fourth-order valence-corrected chi connectivity index (χ4v) is 2.38. The Labute approximate surface area is 162 Å². The van der Waals surface area contributed by atoms with Gasteiger partial charge in [0.2, 0.25) is 0 Å². The summed E-state index contributed by atoms with van der Waals surface area (Å²) in [6.45, 7) is 1.84. The average Bonchev–Trinajstić information content (AvgIpc) is 3.06. The smallest absolute Gasteiger partial charge is 0.418 e. The molecule has 4 N–H and O–H groups in total. The molecule has 3 aromatic rings. The van der Waals surface area contributed by atoms with Crippen molar-refractivity contribution in [1.29, 1.82) is 0 Å². The molecule has 0 aliphatic carbocycles. The molecule has 2 aromatic heterocycles. The molecule has 0 unspecified atom stereocenters. The number of halogens is 3. The van der Waals surface area contributed by atoms with Crippen molar-refractivity contribution >= 4 is 34.9 Å². The minimum atomic E-state index is -4.65. The van der Waals surface area contributed by atoms with Crippen LogP contribution >= 0.6 is 0 Å². The minimum absolute atomic E-state index is 0.256. The molecule has 12 heteroatoms. The second-order valence-electron chi connectivity index (χ2n) is 5.85. The van der Waals surface area contributed by atoms with E-state index < -0.39 is 23.5 Å². The Morgan fingerprint density at radius 1 is 1.10 bits per heavy atom. The average molecular weight is 407 g/mol. The second kappa shape index (κ2) is 8.04. The number of carbonyl (C=O) groups excluding carboxylic acids is 1. The Morgan fingerprint density at radius 3 is 2.45 bits per heavy atom. The summed E-state index contributed by atoms with van der Waals surface area (Å²) in [5.74, 6) is 1.18. The predicted octanol–water partition coefficient (Wildman–Crippen LogP) is 4.19. The van der Waals surface area contributed by atoms with Gasteiger partial charge in [-0.1, -0.05) is 0 Å². The van der Waals surface area contributed by atoms with Crippen molar-refractivity contribution in [3.63, 3.8) is 0 Å². The summed E-state index contributed by atoms with van der Waals surface area (Å²) in [6.07, 6.45) is -2.81. The second-order valence-corrected chi connectivity index (χ2v) is 5.85. The number of aryl methyl sites for hydroxylation is 1. The number of alkyl halides is 3. The summed E-state index contributed by atoms with van der Waals surface area (Å²) in [6, 6.07) is 4.95. The fourth-order valence-electron chi connectivity index (χ4n) is 2.38. The first-order chi connectivity index (χ1) is 13.7. The molecule has 0 atom stereocenters. The molecule has 0 aliphatic rings. The molecule has 29 heavy (non-hydrogen) atoms. The fraction of sp³-hybridized carbons (Fsp3) is 0.176. The lowest BCUT2D eigenvalue weighted by molar-refractivity contribution is -0.136. The molecule has 152 valence electrons. The van der Waals surface area contributed by atoms with Gasteiger partial charge in [0.05, 0.1) is 30.8 Å². The maximum Gasteiger partial charge on any atom is 0.418 e. The van der Waals surface area contributed by atoms with Crippen LogP contribution < -0.4 is 16.0 Å². The number of H-pyrrole nitrogens is 1. The van der Waals surface area contributed by atoms with Crippen molar-refractivity contribution < 1.29 is 22.7 Å². The number of nitrogens with one attached hydrogen (secondary N) is 4. The first kappa shape index (κ1) is 19.9. The van der Waals surface area contributed by atoms with E-state index in [0.717, 1.165) is 24.9 Å². The predicted molar refractivity (Wildman–Crippen MR) is 99.4 cm³/mol. The first-order valence-electron chi connectivity index (χ1n) is 8.19. The molecule has 1 aromatic carbocycles. The molecule has 2 heterocycles. The van der Waals surface area contributed by atoms with Crippen molar-refractivity contribution in [2.45, 2.75) is 13.1 Å². The first-order valence-corrected chi connectivity index (χ1v) is 8.19. The number of hydrogen-bond acceptors (Lipinski definition) is 7. The van der Waals surface area contributed by atoms with Gasteiger partial charge < -0.3 is 15.4 Å². The number of hydrogen-bond donors (Lipinski definition) is 4. The molecule has 0 fully saturated rings. The SMILES string of the molecule is COC(=O)Nc1cc(Nc2cncc(Nc3cc(C)[nH]n3)n2)ccc1C(F)(F)F. The summed E-state index contributed by atoms with van der Waals surface area (Å²) in [4.78, 5) is 19.7. The third-order valence-corrected chi connectivity index (χ3v) is 3.62. The molecule has 9 nitrogen and oxygen atoms in total. The van der Waals surface area contributed by atoms with E-state index in [2.05, 4.69) is 40.9 Å². The van der Waals surface area contributed by atoms with Gasteiger partial charge in [-0.3, -0.25) is 15.4 Å².